The van der Waals surface area contributed by atoms with E-state index in [1.165, 1.54) is 11.3 Å². The third-order valence-electron chi connectivity index (χ3n) is 3.06. The van der Waals surface area contributed by atoms with Crippen molar-refractivity contribution in [2.45, 2.75) is 40.0 Å². The topological polar surface area (TPSA) is 61.0 Å². The number of rotatable bonds is 6. The minimum atomic E-state index is 0.287. The Bertz CT molecular complexity index is 553. The Balaban J connectivity index is 2.23. The number of hydrogen-bond acceptors (Lipinski definition) is 5. The fourth-order valence-electron chi connectivity index (χ4n) is 2.04. The van der Waals surface area contributed by atoms with Crippen molar-refractivity contribution in [1.29, 1.82) is 0 Å². The van der Waals surface area contributed by atoms with Gasteiger partial charge in [0.2, 0.25) is 11.8 Å². The number of nitrogen functional groups attached to an aromatic ring is 1. The Hall–Kier alpha value is -1.36. The van der Waals surface area contributed by atoms with E-state index in [1.54, 1.807) is 11.3 Å². The largest absolute Gasteiger partial charge is 0.477 e. The highest BCUT2D eigenvalue weighted by atomic mass is 32.1. The van der Waals surface area contributed by atoms with E-state index in [1.807, 2.05) is 0 Å². The van der Waals surface area contributed by atoms with Crippen LogP contribution in [-0.2, 0) is 6.42 Å². The number of ether oxygens (including phenoxy) is 1. The van der Waals surface area contributed by atoms with E-state index in [-0.39, 0.29) is 5.95 Å². The maximum atomic E-state index is 5.85. The number of aryl methyl sites for hydroxylation is 1. The minimum Gasteiger partial charge on any atom is -0.477 e. The first-order valence-corrected chi connectivity index (χ1v) is 7.64. The summed E-state index contributed by atoms with van der Waals surface area (Å²) in [6.45, 7) is 7.18. The monoisotopic (exact) mass is 279 g/mol. The Morgan fingerprint density at radius 1 is 1.37 bits per heavy atom. The fourth-order valence-corrected chi connectivity index (χ4v) is 3.01. The van der Waals surface area contributed by atoms with Gasteiger partial charge in [-0.25, -0.2) is 4.98 Å². The van der Waals surface area contributed by atoms with Crippen LogP contribution in [0.3, 0.4) is 0 Å². The molecule has 0 aliphatic carbocycles. The Kier molecular flexibility index (Phi) is 4.58. The standard InChI is InChI=1S/C14H21N3OS/c1-4-6-9(3)8-18-12-11-7-10(5-2)19-13(11)17-14(15)16-12/h7,9H,4-6,8H2,1-3H3,(H2,15,16,17). The zero-order valence-electron chi connectivity index (χ0n) is 11.8. The molecule has 2 aromatic heterocycles. The molecule has 104 valence electrons. The van der Waals surface area contributed by atoms with E-state index in [0.717, 1.165) is 23.1 Å². The molecular formula is C14H21N3OS. The third-order valence-corrected chi connectivity index (χ3v) is 4.23. The van der Waals surface area contributed by atoms with Gasteiger partial charge in [0.15, 0.2) is 0 Å². The molecule has 1 atom stereocenters. The van der Waals surface area contributed by atoms with Crippen LogP contribution in [0.15, 0.2) is 6.07 Å². The fraction of sp³-hybridized carbons (Fsp3) is 0.571. The summed E-state index contributed by atoms with van der Waals surface area (Å²) in [6, 6.07) is 2.11. The van der Waals surface area contributed by atoms with Gasteiger partial charge in [-0.1, -0.05) is 27.2 Å². The zero-order chi connectivity index (χ0) is 13.8. The molecule has 4 nitrogen and oxygen atoms in total. The quantitative estimate of drug-likeness (QED) is 0.876. The lowest BCUT2D eigenvalue weighted by Gasteiger charge is -2.12. The van der Waals surface area contributed by atoms with Gasteiger partial charge in [-0.05, 0) is 24.8 Å². The lowest BCUT2D eigenvalue weighted by atomic mass is 10.1. The van der Waals surface area contributed by atoms with Gasteiger partial charge in [0.25, 0.3) is 0 Å². The molecule has 0 aromatic carbocycles. The van der Waals surface area contributed by atoms with Crippen molar-refractivity contribution in [3.8, 4) is 5.88 Å². The van der Waals surface area contributed by atoms with Crippen molar-refractivity contribution in [3.05, 3.63) is 10.9 Å². The van der Waals surface area contributed by atoms with Crippen LogP contribution in [0, 0.1) is 5.92 Å². The van der Waals surface area contributed by atoms with Gasteiger partial charge in [0, 0.05) is 4.88 Å². The maximum absolute atomic E-state index is 5.85. The summed E-state index contributed by atoms with van der Waals surface area (Å²) in [6.07, 6.45) is 3.32. The van der Waals surface area contributed by atoms with Crippen molar-refractivity contribution >= 4 is 27.5 Å². The Morgan fingerprint density at radius 3 is 2.84 bits per heavy atom. The van der Waals surface area contributed by atoms with Gasteiger partial charge in [-0.2, -0.15) is 4.98 Å². The second-order valence-electron chi connectivity index (χ2n) is 4.88. The first kappa shape index (κ1) is 14.1. The molecule has 0 spiro atoms. The first-order chi connectivity index (χ1) is 9.13. The van der Waals surface area contributed by atoms with Crippen LogP contribution in [0.1, 0.15) is 38.5 Å². The summed E-state index contributed by atoms with van der Waals surface area (Å²) in [5.41, 5.74) is 5.74. The van der Waals surface area contributed by atoms with E-state index < -0.39 is 0 Å². The van der Waals surface area contributed by atoms with E-state index in [0.29, 0.717) is 18.4 Å². The third kappa shape index (κ3) is 3.35. The molecule has 5 heteroatoms. The number of fused-ring (bicyclic) bond motifs is 1. The summed E-state index contributed by atoms with van der Waals surface area (Å²) in [4.78, 5) is 10.7. The summed E-state index contributed by atoms with van der Waals surface area (Å²) in [5.74, 6) is 1.44. The number of hydrogen-bond donors (Lipinski definition) is 1. The van der Waals surface area contributed by atoms with Crippen molar-refractivity contribution in [2.24, 2.45) is 5.92 Å². The predicted molar refractivity (Wildman–Crippen MR) is 80.8 cm³/mol. The van der Waals surface area contributed by atoms with Crippen LogP contribution >= 0.6 is 11.3 Å². The highest BCUT2D eigenvalue weighted by Gasteiger charge is 2.12. The smallest absolute Gasteiger partial charge is 0.227 e. The molecular weight excluding hydrogens is 258 g/mol. The van der Waals surface area contributed by atoms with Crippen LogP contribution in [0.25, 0.3) is 10.2 Å². The number of anilines is 1. The molecule has 0 radical (unpaired) electrons. The Morgan fingerprint density at radius 2 is 2.16 bits per heavy atom. The van der Waals surface area contributed by atoms with Crippen molar-refractivity contribution in [2.75, 3.05) is 12.3 Å². The first-order valence-electron chi connectivity index (χ1n) is 6.82. The van der Waals surface area contributed by atoms with E-state index in [9.17, 15) is 0 Å². The highest BCUT2D eigenvalue weighted by Crippen LogP contribution is 2.31. The normalized spacial score (nSPS) is 12.8. The van der Waals surface area contributed by atoms with Gasteiger partial charge in [0.05, 0.1) is 12.0 Å². The molecule has 0 bridgehead atoms. The SMILES string of the molecule is CCCC(C)COc1nc(N)nc2sc(CC)cc12. The summed E-state index contributed by atoms with van der Waals surface area (Å²) in [5, 5.41) is 0.986. The molecule has 0 saturated carbocycles. The van der Waals surface area contributed by atoms with Crippen LogP contribution in [0.2, 0.25) is 0 Å². The molecule has 2 heterocycles. The minimum absolute atomic E-state index is 0.287. The predicted octanol–water partition coefficient (Wildman–Crippen LogP) is 3.65. The molecule has 0 aliphatic rings. The van der Waals surface area contributed by atoms with Crippen LogP contribution in [0.5, 0.6) is 5.88 Å². The van der Waals surface area contributed by atoms with Crippen LogP contribution in [-0.4, -0.2) is 16.6 Å². The summed E-state index contributed by atoms with van der Waals surface area (Å²) in [7, 11) is 0. The maximum Gasteiger partial charge on any atom is 0.227 e. The molecule has 2 rings (SSSR count). The second-order valence-corrected chi connectivity index (χ2v) is 5.99. The second kappa shape index (κ2) is 6.19. The summed E-state index contributed by atoms with van der Waals surface area (Å²) < 4.78 is 5.85. The number of nitrogens with two attached hydrogens (primary N) is 1. The molecule has 2 N–H and O–H groups in total. The molecule has 0 saturated heterocycles. The van der Waals surface area contributed by atoms with E-state index in [2.05, 4.69) is 36.8 Å². The highest BCUT2D eigenvalue weighted by molar-refractivity contribution is 7.18. The average Bonchev–Trinajstić information content (AvgIpc) is 2.79. The average molecular weight is 279 g/mol. The lowest BCUT2D eigenvalue weighted by molar-refractivity contribution is 0.246. The van der Waals surface area contributed by atoms with Gasteiger partial charge < -0.3 is 10.5 Å². The Labute approximate surface area is 118 Å². The molecule has 0 fully saturated rings. The van der Waals surface area contributed by atoms with Crippen molar-refractivity contribution in [1.82, 2.24) is 9.97 Å². The molecule has 2 aromatic rings. The summed E-state index contributed by atoms with van der Waals surface area (Å²) >= 11 is 1.66. The van der Waals surface area contributed by atoms with Gasteiger partial charge in [-0.15, -0.1) is 11.3 Å². The van der Waals surface area contributed by atoms with Gasteiger partial charge in [-0.3, -0.25) is 0 Å². The van der Waals surface area contributed by atoms with Crippen molar-refractivity contribution in [3.63, 3.8) is 0 Å². The van der Waals surface area contributed by atoms with Crippen LogP contribution in [0.4, 0.5) is 5.95 Å². The van der Waals surface area contributed by atoms with Crippen molar-refractivity contribution < 1.29 is 4.74 Å². The van der Waals surface area contributed by atoms with Crippen LogP contribution < -0.4 is 10.5 Å². The van der Waals surface area contributed by atoms with Gasteiger partial charge >= 0.3 is 0 Å². The molecule has 0 aliphatic heterocycles. The molecule has 19 heavy (non-hydrogen) atoms. The van der Waals surface area contributed by atoms with Gasteiger partial charge in [0.1, 0.15) is 4.83 Å². The van der Waals surface area contributed by atoms with E-state index >= 15 is 0 Å². The number of thiophene rings is 1. The number of nitrogens with zero attached hydrogens (tertiary/aromatic N) is 2. The lowest BCUT2D eigenvalue weighted by Crippen LogP contribution is -2.10. The zero-order valence-corrected chi connectivity index (χ0v) is 12.6. The molecule has 0 amide bonds. The number of aromatic nitrogens is 2. The molecule has 1 unspecified atom stereocenters. The van der Waals surface area contributed by atoms with E-state index in [4.69, 9.17) is 10.5 Å².